The number of nitrogens with zero attached hydrogens (tertiary/aromatic N) is 1. The number of sulfone groups is 1. The van der Waals surface area contributed by atoms with Crippen molar-refractivity contribution in [1.82, 2.24) is 0 Å². The van der Waals surface area contributed by atoms with Gasteiger partial charge in [0.25, 0.3) is 0 Å². The van der Waals surface area contributed by atoms with Crippen LogP contribution < -0.4 is 4.90 Å². The van der Waals surface area contributed by atoms with Crippen LogP contribution in [0.1, 0.15) is 33.6 Å². The van der Waals surface area contributed by atoms with E-state index in [-0.39, 0.29) is 35.9 Å². The molecular weight excluding hydrogens is 318 g/mol. The first-order valence-corrected chi connectivity index (χ1v) is 9.09. The van der Waals surface area contributed by atoms with Crippen LogP contribution in [0.2, 0.25) is 0 Å². The van der Waals surface area contributed by atoms with Gasteiger partial charge in [0.05, 0.1) is 22.8 Å². The fraction of sp³-hybridized carbons (Fsp3) is 0.500. The van der Waals surface area contributed by atoms with Gasteiger partial charge in [-0.15, -0.1) is 0 Å². The van der Waals surface area contributed by atoms with Gasteiger partial charge in [0.2, 0.25) is 5.91 Å². The largest absolute Gasteiger partial charge is 0.460 e. The van der Waals surface area contributed by atoms with Gasteiger partial charge >= 0.3 is 5.97 Å². The highest BCUT2D eigenvalue weighted by Gasteiger charge is 2.30. The Hall–Kier alpha value is -1.89. The number of hydrogen-bond acceptors (Lipinski definition) is 5. The molecule has 1 amide bonds. The van der Waals surface area contributed by atoms with Crippen LogP contribution in [0.25, 0.3) is 0 Å². The summed E-state index contributed by atoms with van der Waals surface area (Å²) in [6.45, 7) is 5.40. The number of ether oxygens (including phenoxy) is 1. The Kier molecular flexibility index (Phi) is 4.79. The first-order valence-electron chi connectivity index (χ1n) is 7.44. The van der Waals surface area contributed by atoms with Crippen molar-refractivity contribution < 1.29 is 22.7 Å². The lowest BCUT2D eigenvalue weighted by molar-refractivity contribution is -0.154. The first kappa shape index (κ1) is 17.5. The Labute approximate surface area is 136 Å². The molecule has 0 spiro atoms. The normalized spacial score (nSPS) is 17.3. The monoisotopic (exact) mass is 339 g/mol. The lowest BCUT2D eigenvalue weighted by Crippen LogP contribution is -2.34. The minimum Gasteiger partial charge on any atom is -0.460 e. The Bertz CT molecular complexity index is 718. The molecule has 1 heterocycles. The molecule has 1 aliphatic rings. The molecular formula is C16H21NO5S. The van der Waals surface area contributed by atoms with Gasteiger partial charge in [0.1, 0.15) is 5.60 Å². The van der Waals surface area contributed by atoms with Crippen LogP contribution in [-0.2, 0) is 24.2 Å². The Morgan fingerprint density at radius 3 is 2.57 bits per heavy atom. The number of hydrogen-bond donors (Lipinski definition) is 0. The van der Waals surface area contributed by atoms with E-state index in [4.69, 9.17) is 4.74 Å². The Morgan fingerprint density at radius 1 is 1.26 bits per heavy atom. The third-order valence-electron chi connectivity index (χ3n) is 3.34. The molecule has 126 valence electrons. The molecule has 23 heavy (non-hydrogen) atoms. The van der Waals surface area contributed by atoms with Crippen molar-refractivity contribution in [3.05, 3.63) is 24.3 Å². The van der Waals surface area contributed by atoms with Crippen LogP contribution in [0.5, 0.6) is 0 Å². The maximum atomic E-state index is 12.3. The number of benzene rings is 1. The molecule has 7 heteroatoms. The standard InChI is InChI=1S/C16H21NO5S/c1-16(2,3)22-15(19)8-10-17-12-6-4-5-7-13(12)23(20,21)11-9-14(17)18/h4-7H,8-11H2,1-3H3. The van der Waals surface area contributed by atoms with Crippen molar-refractivity contribution in [3.63, 3.8) is 0 Å². The summed E-state index contributed by atoms with van der Waals surface area (Å²) in [5, 5.41) is 0. The number of para-hydroxylation sites is 1. The SMILES string of the molecule is CC(C)(C)OC(=O)CCN1C(=O)CCS(=O)(=O)c2ccccc21. The predicted octanol–water partition coefficient (Wildman–Crippen LogP) is 1.93. The Morgan fingerprint density at radius 2 is 1.91 bits per heavy atom. The van der Waals surface area contributed by atoms with Gasteiger partial charge in [0, 0.05) is 13.0 Å². The van der Waals surface area contributed by atoms with Crippen molar-refractivity contribution in [2.24, 2.45) is 0 Å². The molecule has 6 nitrogen and oxygen atoms in total. The highest BCUT2D eigenvalue weighted by Crippen LogP contribution is 2.30. The van der Waals surface area contributed by atoms with Crippen LogP contribution in [0.15, 0.2) is 29.2 Å². The van der Waals surface area contributed by atoms with E-state index in [0.29, 0.717) is 5.69 Å². The summed E-state index contributed by atoms with van der Waals surface area (Å²) < 4.78 is 29.7. The summed E-state index contributed by atoms with van der Waals surface area (Å²) in [5.74, 6) is -0.942. The predicted molar refractivity (Wildman–Crippen MR) is 85.9 cm³/mol. The molecule has 0 saturated heterocycles. The van der Waals surface area contributed by atoms with Crippen molar-refractivity contribution in [3.8, 4) is 0 Å². The van der Waals surface area contributed by atoms with Gasteiger partial charge in [-0.3, -0.25) is 9.59 Å². The zero-order chi connectivity index (χ0) is 17.3. The molecule has 0 saturated carbocycles. The quantitative estimate of drug-likeness (QED) is 0.786. The lowest BCUT2D eigenvalue weighted by atomic mass is 10.2. The number of rotatable bonds is 3. The number of fused-ring (bicyclic) bond motifs is 1. The summed E-state index contributed by atoms with van der Waals surface area (Å²) in [6.07, 6.45) is -0.0806. The van der Waals surface area contributed by atoms with Crippen LogP contribution in [0, 0.1) is 0 Å². The van der Waals surface area contributed by atoms with Gasteiger partial charge in [-0.2, -0.15) is 0 Å². The fourth-order valence-electron chi connectivity index (χ4n) is 2.38. The van der Waals surface area contributed by atoms with E-state index in [1.54, 1.807) is 39.0 Å². The van der Waals surface area contributed by atoms with E-state index in [9.17, 15) is 18.0 Å². The van der Waals surface area contributed by atoms with Crippen molar-refractivity contribution in [1.29, 1.82) is 0 Å². The zero-order valence-electron chi connectivity index (χ0n) is 13.5. The van der Waals surface area contributed by atoms with Gasteiger partial charge in [-0.1, -0.05) is 12.1 Å². The number of carbonyl (C=O) groups excluding carboxylic acids is 2. The van der Waals surface area contributed by atoms with E-state index < -0.39 is 21.4 Å². The van der Waals surface area contributed by atoms with Gasteiger partial charge < -0.3 is 9.64 Å². The second-order valence-electron chi connectivity index (χ2n) is 6.42. The average Bonchev–Trinajstić information content (AvgIpc) is 2.52. The van der Waals surface area contributed by atoms with Crippen molar-refractivity contribution >= 4 is 27.4 Å². The molecule has 0 atom stereocenters. The molecule has 2 rings (SSSR count). The first-order chi connectivity index (χ1) is 10.6. The maximum absolute atomic E-state index is 12.3. The summed E-state index contributed by atoms with van der Waals surface area (Å²) in [4.78, 5) is 25.6. The number of esters is 1. The topological polar surface area (TPSA) is 80.8 Å². The summed E-state index contributed by atoms with van der Waals surface area (Å²) in [6, 6.07) is 6.38. The molecule has 1 aromatic carbocycles. The van der Waals surface area contributed by atoms with E-state index in [2.05, 4.69) is 0 Å². The number of amides is 1. The molecule has 0 aromatic heterocycles. The van der Waals surface area contributed by atoms with Crippen molar-refractivity contribution in [2.45, 2.75) is 44.1 Å². The fourth-order valence-corrected chi connectivity index (χ4v) is 3.83. The summed E-state index contributed by atoms with van der Waals surface area (Å²) in [7, 11) is -3.49. The van der Waals surface area contributed by atoms with Crippen molar-refractivity contribution in [2.75, 3.05) is 17.2 Å². The zero-order valence-corrected chi connectivity index (χ0v) is 14.4. The molecule has 0 radical (unpaired) electrons. The number of anilines is 1. The van der Waals surface area contributed by atoms with Gasteiger partial charge in [-0.05, 0) is 32.9 Å². The molecule has 0 bridgehead atoms. The minimum atomic E-state index is -3.49. The lowest BCUT2D eigenvalue weighted by Gasteiger charge is -2.24. The van der Waals surface area contributed by atoms with E-state index in [1.165, 1.54) is 11.0 Å². The van der Waals surface area contributed by atoms with Crippen LogP contribution in [-0.4, -0.2) is 38.2 Å². The molecule has 0 aliphatic carbocycles. The molecule has 0 unspecified atom stereocenters. The molecule has 0 fully saturated rings. The summed E-state index contributed by atoms with van der Waals surface area (Å²) >= 11 is 0. The van der Waals surface area contributed by atoms with Crippen LogP contribution >= 0.6 is 0 Å². The average molecular weight is 339 g/mol. The highest BCUT2D eigenvalue weighted by atomic mass is 32.2. The second-order valence-corrected chi connectivity index (χ2v) is 8.50. The number of carbonyl (C=O) groups is 2. The molecule has 1 aromatic rings. The highest BCUT2D eigenvalue weighted by molar-refractivity contribution is 7.91. The van der Waals surface area contributed by atoms with E-state index in [1.807, 2.05) is 0 Å². The maximum Gasteiger partial charge on any atom is 0.308 e. The van der Waals surface area contributed by atoms with Gasteiger partial charge in [0.15, 0.2) is 9.84 Å². The van der Waals surface area contributed by atoms with E-state index >= 15 is 0 Å². The van der Waals surface area contributed by atoms with Gasteiger partial charge in [-0.25, -0.2) is 8.42 Å². The third kappa shape index (κ3) is 4.31. The Balaban J connectivity index is 2.23. The molecule has 1 aliphatic heterocycles. The smallest absolute Gasteiger partial charge is 0.308 e. The third-order valence-corrected chi connectivity index (χ3v) is 5.09. The second kappa shape index (κ2) is 6.31. The minimum absolute atomic E-state index is 0.0113. The van der Waals surface area contributed by atoms with Crippen LogP contribution in [0.3, 0.4) is 0 Å². The summed E-state index contributed by atoms with van der Waals surface area (Å²) in [5.41, 5.74) is -0.264. The van der Waals surface area contributed by atoms with Crippen LogP contribution in [0.4, 0.5) is 5.69 Å². The van der Waals surface area contributed by atoms with E-state index in [0.717, 1.165) is 0 Å². The molecule has 0 N–H and O–H groups in total.